The smallest absolute Gasteiger partial charge is 0.258 e. The van der Waals surface area contributed by atoms with Gasteiger partial charge in [-0.15, -0.1) is 0 Å². The summed E-state index contributed by atoms with van der Waals surface area (Å²) in [6.07, 6.45) is 0. The van der Waals surface area contributed by atoms with Gasteiger partial charge in [0.1, 0.15) is 11.6 Å². The Hall–Kier alpha value is -2.32. The molecule has 0 radical (unpaired) electrons. The van der Waals surface area contributed by atoms with E-state index < -0.39 is 4.92 Å². The third-order valence-corrected chi connectivity index (χ3v) is 3.77. The van der Waals surface area contributed by atoms with Crippen LogP contribution in [0.1, 0.15) is 16.7 Å². The van der Waals surface area contributed by atoms with Gasteiger partial charge in [0.15, 0.2) is 0 Å². The largest absolute Gasteiger partial charge is 0.288 e. The Bertz CT molecular complexity index is 700. The highest BCUT2D eigenvalue weighted by Crippen LogP contribution is 2.35. The molecule has 0 N–H and O–H groups in total. The summed E-state index contributed by atoms with van der Waals surface area (Å²) in [6.45, 7) is 3.99. The van der Waals surface area contributed by atoms with Crippen molar-refractivity contribution in [3.8, 4) is 6.07 Å². The van der Waals surface area contributed by atoms with Gasteiger partial charge >= 0.3 is 0 Å². The molecule has 0 saturated heterocycles. The standard InChI is InChI=1S/C15H12N2O2S/c1-10-6-11(2)8-12(7-10)20-15-5-3-4-14(17(18)19)13(15)9-16/h3-8H,1-2H3. The zero-order valence-corrected chi connectivity index (χ0v) is 11.9. The minimum absolute atomic E-state index is 0.113. The molecule has 0 bridgehead atoms. The minimum Gasteiger partial charge on any atom is -0.258 e. The molecule has 0 unspecified atom stereocenters. The normalized spacial score (nSPS) is 10.1. The van der Waals surface area contributed by atoms with Crippen LogP contribution in [0.3, 0.4) is 0 Å². The molecule has 2 aromatic carbocycles. The second-order valence-corrected chi connectivity index (χ2v) is 5.56. The maximum Gasteiger partial charge on any atom is 0.288 e. The second kappa shape index (κ2) is 5.76. The summed E-state index contributed by atoms with van der Waals surface area (Å²) >= 11 is 1.37. The third-order valence-electron chi connectivity index (χ3n) is 2.74. The molecule has 0 aromatic heterocycles. The summed E-state index contributed by atoms with van der Waals surface area (Å²) in [5.41, 5.74) is 2.21. The minimum atomic E-state index is -0.524. The fourth-order valence-corrected chi connectivity index (χ4v) is 3.13. The van der Waals surface area contributed by atoms with Crippen molar-refractivity contribution in [2.45, 2.75) is 23.6 Å². The second-order valence-electron chi connectivity index (χ2n) is 4.44. The monoisotopic (exact) mass is 284 g/mol. The van der Waals surface area contributed by atoms with Gasteiger partial charge in [-0.1, -0.05) is 23.9 Å². The molecule has 0 aliphatic rings. The zero-order valence-electron chi connectivity index (χ0n) is 11.1. The molecule has 0 aliphatic carbocycles. The van der Waals surface area contributed by atoms with Gasteiger partial charge in [-0.25, -0.2) is 0 Å². The number of rotatable bonds is 3. The van der Waals surface area contributed by atoms with Crippen LogP contribution in [0.25, 0.3) is 0 Å². The van der Waals surface area contributed by atoms with Crippen molar-refractivity contribution in [1.82, 2.24) is 0 Å². The van der Waals surface area contributed by atoms with Crippen molar-refractivity contribution >= 4 is 17.4 Å². The van der Waals surface area contributed by atoms with Gasteiger partial charge in [-0.3, -0.25) is 10.1 Å². The molecule has 0 spiro atoms. The first kappa shape index (κ1) is 14.1. The van der Waals surface area contributed by atoms with Crippen molar-refractivity contribution in [1.29, 1.82) is 5.26 Å². The number of hydrogen-bond acceptors (Lipinski definition) is 4. The van der Waals surface area contributed by atoms with Crippen molar-refractivity contribution in [3.63, 3.8) is 0 Å². The molecule has 0 aliphatic heterocycles. The molecule has 100 valence electrons. The van der Waals surface area contributed by atoms with Crippen LogP contribution < -0.4 is 0 Å². The fraction of sp³-hybridized carbons (Fsp3) is 0.133. The first-order valence-electron chi connectivity index (χ1n) is 5.95. The maximum absolute atomic E-state index is 10.9. The first-order valence-corrected chi connectivity index (χ1v) is 6.76. The van der Waals surface area contributed by atoms with Crippen LogP contribution in [0.2, 0.25) is 0 Å². The van der Waals surface area contributed by atoms with Gasteiger partial charge in [0.2, 0.25) is 0 Å². The molecule has 0 amide bonds. The molecule has 0 atom stereocenters. The lowest BCUT2D eigenvalue weighted by Gasteiger charge is -2.06. The van der Waals surface area contributed by atoms with Crippen LogP contribution in [-0.4, -0.2) is 4.92 Å². The Kier molecular flexibility index (Phi) is 4.06. The molecule has 5 heteroatoms. The Balaban J connectivity index is 2.46. The van der Waals surface area contributed by atoms with E-state index in [-0.39, 0.29) is 11.3 Å². The van der Waals surface area contributed by atoms with Gasteiger partial charge < -0.3 is 0 Å². The average molecular weight is 284 g/mol. The lowest BCUT2D eigenvalue weighted by molar-refractivity contribution is -0.385. The van der Waals surface area contributed by atoms with Crippen LogP contribution >= 0.6 is 11.8 Å². The van der Waals surface area contributed by atoms with Gasteiger partial charge in [-0.05, 0) is 43.2 Å². The maximum atomic E-state index is 10.9. The lowest BCUT2D eigenvalue weighted by atomic mass is 10.2. The van der Waals surface area contributed by atoms with E-state index in [1.807, 2.05) is 32.0 Å². The molecule has 4 nitrogen and oxygen atoms in total. The summed E-state index contributed by atoms with van der Waals surface area (Å²) in [5.74, 6) is 0. The summed E-state index contributed by atoms with van der Waals surface area (Å²) in [7, 11) is 0. The highest BCUT2D eigenvalue weighted by molar-refractivity contribution is 7.99. The van der Waals surface area contributed by atoms with Crippen molar-refractivity contribution < 1.29 is 4.92 Å². The summed E-state index contributed by atoms with van der Waals surface area (Å²) in [5, 5.41) is 20.1. The quantitative estimate of drug-likeness (QED) is 0.624. The number of nitro groups is 1. The topological polar surface area (TPSA) is 66.9 Å². The van der Waals surface area contributed by atoms with Crippen LogP contribution in [0.5, 0.6) is 0 Å². The Morgan fingerprint density at radius 3 is 2.40 bits per heavy atom. The van der Waals surface area contributed by atoms with E-state index in [0.717, 1.165) is 16.0 Å². The summed E-state index contributed by atoms with van der Waals surface area (Å²) in [4.78, 5) is 12.0. The zero-order chi connectivity index (χ0) is 14.7. The van der Waals surface area contributed by atoms with E-state index in [1.165, 1.54) is 17.8 Å². The van der Waals surface area contributed by atoms with Crippen LogP contribution in [0.4, 0.5) is 5.69 Å². The predicted octanol–water partition coefficient (Wildman–Crippen LogP) is 4.23. The van der Waals surface area contributed by atoms with Crippen molar-refractivity contribution in [2.75, 3.05) is 0 Å². The van der Waals surface area contributed by atoms with E-state index >= 15 is 0 Å². The van der Waals surface area contributed by atoms with Crippen LogP contribution in [0, 0.1) is 35.3 Å². The summed E-state index contributed by atoms with van der Waals surface area (Å²) in [6, 6.07) is 12.7. The molecule has 0 fully saturated rings. The van der Waals surface area contributed by atoms with E-state index in [1.54, 1.807) is 12.1 Å². The number of nitro benzene ring substituents is 1. The molecule has 0 saturated carbocycles. The third kappa shape index (κ3) is 2.98. The Morgan fingerprint density at radius 1 is 1.20 bits per heavy atom. The van der Waals surface area contributed by atoms with E-state index in [2.05, 4.69) is 6.07 Å². The number of benzene rings is 2. The molecule has 20 heavy (non-hydrogen) atoms. The number of nitrogens with zero attached hydrogens (tertiary/aromatic N) is 2. The number of aryl methyl sites for hydroxylation is 2. The average Bonchev–Trinajstić information content (AvgIpc) is 2.37. The number of nitriles is 1. The van der Waals surface area contributed by atoms with E-state index in [4.69, 9.17) is 5.26 Å². The van der Waals surface area contributed by atoms with Gasteiger partial charge in [0.25, 0.3) is 5.69 Å². The highest BCUT2D eigenvalue weighted by Gasteiger charge is 2.17. The van der Waals surface area contributed by atoms with Crippen LogP contribution in [0.15, 0.2) is 46.2 Å². The fourth-order valence-electron chi connectivity index (χ4n) is 1.99. The predicted molar refractivity (Wildman–Crippen MR) is 77.9 cm³/mol. The van der Waals surface area contributed by atoms with Crippen LogP contribution in [-0.2, 0) is 0 Å². The molecule has 2 aromatic rings. The van der Waals surface area contributed by atoms with Crippen molar-refractivity contribution in [2.24, 2.45) is 0 Å². The van der Waals surface area contributed by atoms with E-state index in [9.17, 15) is 10.1 Å². The lowest BCUT2D eigenvalue weighted by Crippen LogP contribution is -1.93. The first-order chi connectivity index (χ1) is 9.51. The Morgan fingerprint density at radius 2 is 1.85 bits per heavy atom. The van der Waals surface area contributed by atoms with Gasteiger partial charge in [0, 0.05) is 15.9 Å². The summed E-state index contributed by atoms with van der Waals surface area (Å²) < 4.78 is 0. The highest BCUT2D eigenvalue weighted by atomic mass is 32.2. The SMILES string of the molecule is Cc1cc(C)cc(Sc2cccc([N+](=O)[O-])c2C#N)c1. The molecule has 0 heterocycles. The molecule has 2 rings (SSSR count). The van der Waals surface area contributed by atoms with Crippen molar-refractivity contribution in [3.05, 3.63) is 63.2 Å². The molecular formula is C15H12N2O2S. The van der Waals surface area contributed by atoms with Gasteiger partial charge in [-0.2, -0.15) is 5.26 Å². The molecular weight excluding hydrogens is 272 g/mol. The Labute approximate surface area is 121 Å². The van der Waals surface area contributed by atoms with Gasteiger partial charge in [0.05, 0.1) is 4.92 Å². The number of hydrogen-bond donors (Lipinski definition) is 0. The van der Waals surface area contributed by atoms with E-state index in [0.29, 0.717) is 4.90 Å².